The molecule has 0 amide bonds. The summed E-state index contributed by atoms with van der Waals surface area (Å²) in [4.78, 5) is 10.9. The number of hydrogen-bond acceptors (Lipinski definition) is 5. The Labute approximate surface area is 130 Å². The first-order valence-corrected chi connectivity index (χ1v) is 7.30. The van der Waals surface area contributed by atoms with Crippen LogP contribution in [0.5, 0.6) is 0 Å². The number of hydrogen-bond donors (Lipinski definition) is 2. The van der Waals surface area contributed by atoms with Gasteiger partial charge in [-0.1, -0.05) is 0 Å². The Hall–Kier alpha value is -2.21. The quantitative estimate of drug-likeness (QED) is 0.770. The summed E-state index contributed by atoms with van der Waals surface area (Å²) in [7, 11) is 4.11. The van der Waals surface area contributed by atoms with Gasteiger partial charge < -0.3 is 15.5 Å². The number of nitrogens with one attached hydrogen (secondary N) is 2. The third kappa shape index (κ3) is 5.29. The molecule has 1 aromatic carbocycles. The zero-order valence-electron chi connectivity index (χ0n) is 13.2. The summed E-state index contributed by atoms with van der Waals surface area (Å²) in [5.74, 6) is 1.90. The molecular formula is C16H22FN5. The van der Waals surface area contributed by atoms with Crippen LogP contribution in [0.25, 0.3) is 0 Å². The van der Waals surface area contributed by atoms with Gasteiger partial charge in [-0.15, -0.1) is 0 Å². The van der Waals surface area contributed by atoms with E-state index in [2.05, 4.69) is 39.6 Å². The Morgan fingerprint density at radius 3 is 2.45 bits per heavy atom. The van der Waals surface area contributed by atoms with E-state index in [4.69, 9.17) is 0 Å². The average molecular weight is 303 g/mol. The van der Waals surface area contributed by atoms with Crippen LogP contribution >= 0.6 is 0 Å². The highest BCUT2D eigenvalue weighted by Crippen LogP contribution is 2.17. The van der Waals surface area contributed by atoms with Crippen LogP contribution in [0, 0.1) is 12.7 Å². The maximum Gasteiger partial charge on any atom is 0.136 e. The summed E-state index contributed by atoms with van der Waals surface area (Å²) in [6.07, 6.45) is 1.04. The van der Waals surface area contributed by atoms with Crippen LogP contribution in [0.1, 0.15) is 12.2 Å². The van der Waals surface area contributed by atoms with Gasteiger partial charge >= 0.3 is 0 Å². The van der Waals surface area contributed by atoms with Crippen LogP contribution in [-0.4, -0.2) is 42.1 Å². The molecule has 1 heterocycles. The second-order valence-electron chi connectivity index (χ2n) is 5.40. The normalized spacial score (nSPS) is 10.8. The van der Waals surface area contributed by atoms with Crippen molar-refractivity contribution in [1.29, 1.82) is 0 Å². The molecule has 0 aliphatic heterocycles. The number of halogens is 1. The number of rotatable bonds is 7. The second kappa shape index (κ2) is 7.70. The summed E-state index contributed by atoms with van der Waals surface area (Å²) in [6.45, 7) is 3.73. The summed E-state index contributed by atoms with van der Waals surface area (Å²) in [5.41, 5.74) is 0.790. The van der Waals surface area contributed by atoms with Gasteiger partial charge in [-0.05, 0) is 58.3 Å². The monoisotopic (exact) mass is 303 g/mol. The molecule has 0 spiro atoms. The van der Waals surface area contributed by atoms with Crippen LogP contribution in [0.2, 0.25) is 0 Å². The Balaban J connectivity index is 1.98. The summed E-state index contributed by atoms with van der Waals surface area (Å²) in [5, 5.41) is 6.45. The standard InChI is InChI=1S/C16H22FN5/c1-12-19-15(18-9-4-10-22(2)3)11-16(20-12)21-14-7-5-13(17)6-8-14/h5-8,11H,4,9-10H2,1-3H3,(H2,18,19,20,21). The molecule has 0 radical (unpaired) electrons. The van der Waals surface area contributed by atoms with E-state index < -0.39 is 0 Å². The van der Waals surface area contributed by atoms with E-state index in [1.54, 1.807) is 12.1 Å². The molecule has 0 aliphatic rings. The first-order valence-electron chi connectivity index (χ1n) is 7.30. The molecule has 2 rings (SSSR count). The Morgan fingerprint density at radius 1 is 1.09 bits per heavy atom. The minimum atomic E-state index is -0.257. The predicted octanol–water partition coefficient (Wildman–Crippen LogP) is 3.03. The summed E-state index contributed by atoms with van der Waals surface area (Å²) >= 11 is 0. The topological polar surface area (TPSA) is 53.1 Å². The second-order valence-corrected chi connectivity index (χ2v) is 5.40. The van der Waals surface area contributed by atoms with Crippen LogP contribution < -0.4 is 10.6 Å². The van der Waals surface area contributed by atoms with Crippen molar-refractivity contribution >= 4 is 17.3 Å². The molecule has 5 nitrogen and oxygen atoms in total. The molecule has 0 saturated heterocycles. The van der Waals surface area contributed by atoms with Crippen LogP contribution in [0.4, 0.5) is 21.7 Å². The van der Waals surface area contributed by atoms with E-state index in [1.807, 2.05) is 13.0 Å². The van der Waals surface area contributed by atoms with Crippen molar-refractivity contribution in [2.24, 2.45) is 0 Å². The fourth-order valence-electron chi connectivity index (χ4n) is 2.02. The fraction of sp³-hybridized carbons (Fsp3) is 0.375. The van der Waals surface area contributed by atoms with Crippen molar-refractivity contribution in [3.63, 3.8) is 0 Å². The van der Waals surface area contributed by atoms with E-state index >= 15 is 0 Å². The third-order valence-electron chi connectivity index (χ3n) is 3.04. The van der Waals surface area contributed by atoms with Gasteiger partial charge in [-0.3, -0.25) is 0 Å². The number of aromatic nitrogens is 2. The Bertz CT molecular complexity index is 598. The molecule has 0 fully saturated rings. The van der Waals surface area contributed by atoms with E-state index in [0.717, 1.165) is 31.0 Å². The summed E-state index contributed by atoms with van der Waals surface area (Å²) < 4.78 is 12.9. The molecule has 2 aromatic rings. The Kier molecular flexibility index (Phi) is 5.66. The van der Waals surface area contributed by atoms with Gasteiger partial charge in [0.25, 0.3) is 0 Å². The molecule has 0 aliphatic carbocycles. The lowest BCUT2D eigenvalue weighted by Gasteiger charge is -2.12. The van der Waals surface area contributed by atoms with Crippen molar-refractivity contribution in [2.75, 3.05) is 37.8 Å². The lowest BCUT2D eigenvalue weighted by molar-refractivity contribution is 0.405. The first-order chi connectivity index (χ1) is 10.5. The van der Waals surface area contributed by atoms with E-state index in [-0.39, 0.29) is 5.82 Å². The highest BCUT2D eigenvalue weighted by molar-refractivity contribution is 5.59. The van der Waals surface area contributed by atoms with E-state index in [1.165, 1.54) is 12.1 Å². The van der Waals surface area contributed by atoms with Crippen LogP contribution in [0.3, 0.4) is 0 Å². The number of anilines is 3. The Morgan fingerprint density at radius 2 is 1.77 bits per heavy atom. The number of benzene rings is 1. The van der Waals surface area contributed by atoms with Gasteiger partial charge in [-0.25, -0.2) is 14.4 Å². The maximum atomic E-state index is 12.9. The minimum absolute atomic E-state index is 0.257. The summed E-state index contributed by atoms with van der Waals surface area (Å²) in [6, 6.07) is 8.04. The third-order valence-corrected chi connectivity index (χ3v) is 3.04. The predicted molar refractivity (Wildman–Crippen MR) is 88.1 cm³/mol. The maximum absolute atomic E-state index is 12.9. The van der Waals surface area contributed by atoms with E-state index in [0.29, 0.717) is 11.6 Å². The molecular weight excluding hydrogens is 281 g/mol. The molecule has 0 saturated carbocycles. The number of nitrogens with zero attached hydrogens (tertiary/aromatic N) is 3. The van der Waals surface area contributed by atoms with Gasteiger partial charge in [0.2, 0.25) is 0 Å². The zero-order chi connectivity index (χ0) is 15.9. The van der Waals surface area contributed by atoms with Gasteiger partial charge in [0.15, 0.2) is 0 Å². The van der Waals surface area contributed by atoms with Gasteiger partial charge in [-0.2, -0.15) is 0 Å². The first kappa shape index (κ1) is 16.2. The highest BCUT2D eigenvalue weighted by atomic mass is 19.1. The van der Waals surface area contributed by atoms with Gasteiger partial charge in [0, 0.05) is 18.3 Å². The van der Waals surface area contributed by atoms with Crippen molar-refractivity contribution in [1.82, 2.24) is 14.9 Å². The molecule has 0 atom stereocenters. The van der Waals surface area contributed by atoms with Crippen molar-refractivity contribution in [3.05, 3.63) is 42.0 Å². The van der Waals surface area contributed by atoms with Crippen LogP contribution in [0.15, 0.2) is 30.3 Å². The average Bonchev–Trinajstić information content (AvgIpc) is 2.45. The molecule has 118 valence electrons. The molecule has 22 heavy (non-hydrogen) atoms. The molecule has 1 aromatic heterocycles. The molecule has 0 bridgehead atoms. The molecule has 6 heteroatoms. The number of aryl methyl sites for hydroxylation is 1. The van der Waals surface area contributed by atoms with Crippen molar-refractivity contribution < 1.29 is 4.39 Å². The fourth-order valence-corrected chi connectivity index (χ4v) is 2.02. The van der Waals surface area contributed by atoms with Crippen molar-refractivity contribution in [2.45, 2.75) is 13.3 Å². The van der Waals surface area contributed by atoms with E-state index in [9.17, 15) is 4.39 Å². The minimum Gasteiger partial charge on any atom is -0.370 e. The smallest absolute Gasteiger partial charge is 0.136 e. The lowest BCUT2D eigenvalue weighted by atomic mass is 10.3. The lowest BCUT2D eigenvalue weighted by Crippen LogP contribution is -2.16. The molecule has 0 unspecified atom stereocenters. The largest absolute Gasteiger partial charge is 0.370 e. The zero-order valence-corrected chi connectivity index (χ0v) is 13.2. The molecule has 2 N–H and O–H groups in total. The highest BCUT2D eigenvalue weighted by Gasteiger charge is 2.03. The van der Waals surface area contributed by atoms with Gasteiger partial charge in [0.1, 0.15) is 23.3 Å². The van der Waals surface area contributed by atoms with Gasteiger partial charge in [0.05, 0.1) is 0 Å². The van der Waals surface area contributed by atoms with Crippen molar-refractivity contribution in [3.8, 4) is 0 Å². The SMILES string of the molecule is Cc1nc(NCCCN(C)C)cc(Nc2ccc(F)cc2)n1. The van der Waals surface area contributed by atoms with Crippen LogP contribution in [-0.2, 0) is 0 Å².